The molecule has 1 atom stereocenters. The summed E-state index contributed by atoms with van der Waals surface area (Å²) in [7, 11) is 0. The van der Waals surface area contributed by atoms with Gasteiger partial charge in [0.2, 0.25) is 0 Å². The minimum Gasteiger partial charge on any atom is -0.462 e. The number of ether oxygens (including phenoxy) is 2. The minimum absolute atomic E-state index is 0.176. The van der Waals surface area contributed by atoms with Crippen molar-refractivity contribution in [1.82, 2.24) is 0 Å². The number of carbonyl (C=O) groups excluding carboxylic acids is 2. The van der Waals surface area contributed by atoms with Gasteiger partial charge < -0.3 is 9.47 Å². The van der Waals surface area contributed by atoms with Crippen LogP contribution in [0.25, 0.3) is 0 Å². The summed E-state index contributed by atoms with van der Waals surface area (Å²) in [6.45, 7) is 8.86. The number of carbonyl (C=O) groups is 2. The molecule has 4 heteroatoms. The molecule has 200 valence electrons. The van der Waals surface area contributed by atoms with Crippen LogP contribution in [0.3, 0.4) is 0 Å². The second-order valence-electron chi connectivity index (χ2n) is 10.5. The van der Waals surface area contributed by atoms with Gasteiger partial charge in [-0.25, -0.2) is 9.59 Å². The highest BCUT2D eigenvalue weighted by atomic mass is 16.5. The average Bonchev–Trinajstić information content (AvgIpc) is 2.85. The third-order valence-corrected chi connectivity index (χ3v) is 6.56. The summed E-state index contributed by atoms with van der Waals surface area (Å²) in [5.41, 5.74) is 0.578. The molecule has 0 aromatic heterocycles. The molecule has 0 aliphatic rings. The van der Waals surface area contributed by atoms with E-state index in [9.17, 15) is 9.59 Å². The second kappa shape index (κ2) is 20.4. The Morgan fingerprint density at radius 1 is 0.657 bits per heavy atom. The van der Waals surface area contributed by atoms with Gasteiger partial charge in [0.05, 0.1) is 23.8 Å². The van der Waals surface area contributed by atoms with Crippen LogP contribution in [-0.2, 0) is 9.47 Å². The Balaban J connectivity index is 2.16. The van der Waals surface area contributed by atoms with Crippen LogP contribution < -0.4 is 0 Å². The molecule has 1 aromatic carbocycles. The molecule has 0 heterocycles. The highest BCUT2D eigenvalue weighted by Crippen LogP contribution is 2.17. The fourth-order valence-corrected chi connectivity index (χ4v) is 4.25. The molecule has 35 heavy (non-hydrogen) atoms. The molecule has 0 fully saturated rings. The summed E-state index contributed by atoms with van der Waals surface area (Å²) >= 11 is 0. The molecule has 1 unspecified atom stereocenters. The zero-order valence-corrected chi connectivity index (χ0v) is 23.1. The molecule has 0 N–H and O–H groups in total. The number of benzene rings is 1. The van der Waals surface area contributed by atoms with Crippen LogP contribution in [0.4, 0.5) is 0 Å². The topological polar surface area (TPSA) is 52.6 Å². The Hall–Kier alpha value is -1.84. The Bertz CT molecular complexity index is 682. The maximum absolute atomic E-state index is 12.6. The van der Waals surface area contributed by atoms with Gasteiger partial charge in [0.15, 0.2) is 0 Å². The van der Waals surface area contributed by atoms with Gasteiger partial charge in [-0.05, 0) is 44.2 Å². The normalized spacial score (nSPS) is 12.0. The van der Waals surface area contributed by atoms with Crippen LogP contribution in [0.5, 0.6) is 0 Å². The number of unbranched alkanes of at least 4 members (excludes halogenated alkanes) is 13. The van der Waals surface area contributed by atoms with E-state index in [1.165, 1.54) is 77.0 Å². The lowest BCUT2D eigenvalue weighted by Gasteiger charge is -2.15. The second-order valence-corrected chi connectivity index (χ2v) is 10.5. The van der Waals surface area contributed by atoms with E-state index >= 15 is 0 Å². The fourth-order valence-electron chi connectivity index (χ4n) is 4.25. The maximum Gasteiger partial charge on any atom is 0.339 e. The Morgan fingerprint density at radius 3 is 1.60 bits per heavy atom. The quantitative estimate of drug-likeness (QED) is 0.128. The predicted octanol–water partition coefficient (Wildman–Crippen LogP) is 9.31. The molecule has 0 aliphatic heterocycles. The number of hydrogen-bond donors (Lipinski definition) is 0. The van der Waals surface area contributed by atoms with Crippen molar-refractivity contribution >= 4 is 11.9 Å². The molecular weight excluding hydrogens is 436 g/mol. The molecule has 1 rings (SSSR count). The lowest BCUT2D eigenvalue weighted by molar-refractivity contribution is 0.0302. The van der Waals surface area contributed by atoms with E-state index in [0.717, 1.165) is 25.7 Å². The van der Waals surface area contributed by atoms with E-state index in [4.69, 9.17) is 9.47 Å². The molecule has 0 aliphatic carbocycles. The van der Waals surface area contributed by atoms with Crippen molar-refractivity contribution in [3.05, 3.63) is 35.4 Å². The molecule has 0 spiro atoms. The van der Waals surface area contributed by atoms with Crippen LogP contribution >= 0.6 is 0 Å². The Kier molecular flexibility index (Phi) is 18.1. The zero-order valence-electron chi connectivity index (χ0n) is 23.1. The van der Waals surface area contributed by atoms with Gasteiger partial charge in [-0.2, -0.15) is 0 Å². The summed E-state index contributed by atoms with van der Waals surface area (Å²) in [6, 6.07) is 6.78. The standard InChI is InChI=1S/C31H52O4/c1-5-6-7-8-9-10-11-12-13-14-15-16-17-20-25-34-30(32)28-21-18-19-22-29(28)31(33)35-27(4)24-23-26(2)3/h18-19,21-22,26-27H,5-17,20,23-25H2,1-4H3. The largest absolute Gasteiger partial charge is 0.462 e. The summed E-state index contributed by atoms with van der Waals surface area (Å²) < 4.78 is 11.0. The molecule has 0 saturated heterocycles. The molecule has 4 nitrogen and oxygen atoms in total. The SMILES string of the molecule is CCCCCCCCCCCCCCCCOC(=O)c1ccccc1C(=O)OC(C)CCC(C)C. The number of hydrogen-bond acceptors (Lipinski definition) is 4. The van der Waals surface area contributed by atoms with E-state index in [0.29, 0.717) is 18.1 Å². The van der Waals surface area contributed by atoms with E-state index in [1.54, 1.807) is 24.3 Å². The van der Waals surface area contributed by atoms with Gasteiger partial charge in [-0.3, -0.25) is 0 Å². The van der Waals surface area contributed by atoms with Gasteiger partial charge in [0.25, 0.3) is 0 Å². The van der Waals surface area contributed by atoms with Crippen LogP contribution in [-0.4, -0.2) is 24.6 Å². The molecule has 0 radical (unpaired) electrons. The molecular formula is C31H52O4. The summed E-state index contributed by atoms with van der Waals surface area (Å²) in [4.78, 5) is 25.2. The van der Waals surface area contributed by atoms with Crippen LogP contribution in [0.2, 0.25) is 0 Å². The maximum atomic E-state index is 12.6. The third-order valence-electron chi connectivity index (χ3n) is 6.56. The smallest absolute Gasteiger partial charge is 0.339 e. The molecule has 1 aromatic rings. The first-order valence-corrected chi connectivity index (χ1v) is 14.4. The summed E-state index contributed by atoms with van der Waals surface area (Å²) in [5.74, 6) is -0.333. The Morgan fingerprint density at radius 2 is 1.11 bits per heavy atom. The van der Waals surface area contributed by atoms with Crippen LogP contribution in [0, 0.1) is 5.92 Å². The third kappa shape index (κ3) is 15.7. The number of rotatable bonds is 21. The van der Waals surface area contributed by atoms with Crippen LogP contribution in [0.15, 0.2) is 24.3 Å². The van der Waals surface area contributed by atoms with Gasteiger partial charge >= 0.3 is 11.9 Å². The molecule has 0 bridgehead atoms. The summed E-state index contributed by atoms with van der Waals surface area (Å²) in [5, 5.41) is 0. The van der Waals surface area contributed by atoms with Gasteiger partial charge in [0.1, 0.15) is 0 Å². The first-order chi connectivity index (χ1) is 17.0. The van der Waals surface area contributed by atoms with Crippen molar-refractivity contribution in [2.24, 2.45) is 5.92 Å². The zero-order chi connectivity index (χ0) is 25.7. The lowest BCUT2D eigenvalue weighted by Crippen LogP contribution is -2.19. The minimum atomic E-state index is -0.453. The van der Waals surface area contributed by atoms with Gasteiger partial charge in [0, 0.05) is 0 Å². The van der Waals surface area contributed by atoms with E-state index in [2.05, 4.69) is 20.8 Å². The highest BCUT2D eigenvalue weighted by Gasteiger charge is 2.20. The first-order valence-electron chi connectivity index (χ1n) is 14.4. The van der Waals surface area contributed by atoms with Crippen molar-refractivity contribution < 1.29 is 19.1 Å². The van der Waals surface area contributed by atoms with Crippen molar-refractivity contribution in [3.63, 3.8) is 0 Å². The summed E-state index contributed by atoms with van der Waals surface area (Å²) in [6.07, 6.45) is 19.7. The van der Waals surface area contributed by atoms with Crippen molar-refractivity contribution in [1.29, 1.82) is 0 Å². The lowest BCUT2D eigenvalue weighted by atomic mass is 10.0. The highest BCUT2D eigenvalue weighted by molar-refractivity contribution is 6.03. The predicted molar refractivity (Wildman–Crippen MR) is 146 cm³/mol. The molecule has 0 amide bonds. The van der Waals surface area contributed by atoms with Crippen molar-refractivity contribution in [3.8, 4) is 0 Å². The van der Waals surface area contributed by atoms with Gasteiger partial charge in [-0.15, -0.1) is 0 Å². The Labute approximate surface area is 215 Å². The monoisotopic (exact) mass is 488 g/mol. The average molecular weight is 489 g/mol. The first kappa shape index (κ1) is 31.2. The van der Waals surface area contributed by atoms with Gasteiger partial charge in [-0.1, -0.05) is 116 Å². The van der Waals surface area contributed by atoms with Crippen molar-refractivity contribution in [2.45, 2.75) is 137 Å². The van der Waals surface area contributed by atoms with E-state index in [-0.39, 0.29) is 11.7 Å². The molecule has 0 saturated carbocycles. The fraction of sp³-hybridized carbons (Fsp3) is 0.742. The van der Waals surface area contributed by atoms with E-state index < -0.39 is 11.9 Å². The van der Waals surface area contributed by atoms with E-state index in [1.807, 2.05) is 6.92 Å². The van der Waals surface area contributed by atoms with Crippen molar-refractivity contribution in [2.75, 3.05) is 6.61 Å². The van der Waals surface area contributed by atoms with Crippen LogP contribution in [0.1, 0.15) is 151 Å². The number of esters is 2.